The molecule has 2 aromatic carbocycles. The Labute approximate surface area is 542 Å². The molecule has 0 aromatic heterocycles. The summed E-state index contributed by atoms with van der Waals surface area (Å²) in [6, 6.07) is 9.28. The first-order chi connectivity index (χ1) is 43.5. The van der Waals surface area contributed by atoms with E-state index in [-0.39, 0.29) is 49.2 Å². The summed E-state index contributed by atoms with van der Waals surface area (Å²) in [5.41, 5.74) is 2.13. The maximum absolute atomic E-state index is 12.8. The van der Waals surface area contributed by atoms with Crippen molar-refractivity contribution in [3.63, 3.8) is 0 Å². The molecular weight excluding hydrogens is 1340 g/mol. The van der Waals surface area contributed by atoms with Crippen molar-refractivity contribution in [2.75, 3.05) is 234 Å². The van der Waals surface area contributed by atoms with Gasteiger partial charge in [0.1, 0.15) is 0 Å². The smallest absolute Gasteiger partial charge is 0.305 e. The van der Waals surface area contributed by atoms with Gasteiger partial charge in [0.05, 0.1) is 201 Å². The van der Waals surface area contributed by atoms with Crippen LogP contribution in [-0.4, -0.2) is 267 Å². The number of halogens is 1. The molecule has 2 aliphatic heterocycles. The summed E-state index contributed by atoms with van der Waals surface area (Å²) in [6.07, 6.45) is 10.6. The Morgan fingerprint density at radius 2 is 0.811 bits per heavy atom. The van der Waals surface area contributed by atoms with Crippen molar-refractivity contribution in [2.24, 2.45) is 0 Å². The van der Waals surface area contributed by atoms with E-state index in [2.05, 4.69) is 21.0 Å². The molecule has 29 heteroatoms. The van der Waals surface area contributed by atoms with Crippen molar-refractivity contribution in [3.8, 4) is 0 Å². The molecule has 26 nitrogen and oxygen atoms in total. The quantitative estimate of drug-likeness (QED) is 0.0242. The van der Waals surface area contributed by atoms with Gasteiger partial charge in [-0.1, -0.05) is 31.2 Å². The second-order valence-corrected chi connectivity index (χ2v) is 26.2. The number of anilines is 2. The molecule has 2 unspecified atom stereocenters. The van der Waals surface area contributed by atoms with Crippen LogP contribution in [0.25, 0.3) is 0 Å². The van der Waals surface area contributed by atoms with Gasteiger partial charge in [-0.15, -0.1) is 0 Å². The molecule has 2 atom stereocenters. The monoisotopic (exact) mass is 1430 g/mol. The number of hydrogen-bond acceptors (Lipinski definition) is 23. The third-order valence-corrected chi connectivity index (χ3v) is 19.4. The summed E-state index contributed by atoms with van der Waals surface area (Å²) < 4.78 is 164. The molecule has 0 aliphatic carbocycles. The molecule has 2 heterocycles. The fourth-order valence-corrected chi connectivity index (χ4v) is 13.4. The van der Waals surface area contributed by atoms with Gasteiger partial charge in [0.2, 0.25) is 0 Å². The third kappa shape index (κ3) is 29.9. The van der Waals surface area contributed by atoms with Gasteiger partial charge in [0, 0.05) is 93.5 Å². The van der Waals surface area contributed by atoms with Crippen molar-refractivity contribution >= 4 is 62.1 Å². The number of carboxylic acid groups (broad SMARTS) is 1. The molecule has 514 valence electrons. The zero-order valence-corrected chi connectivity index (χ0v) is 56.7. The molecule has 0 spiro atoms. The summed E-state index contributed by atoms with van der Waals surface area (Å²) in [7, 11) is -4.35. The third-order valence-electron chi connectivity index (χ3n) is 14.1. The second-order valence-electron chi connectivity index (χ2n) is 20.5. The van der Waals surface area contributed by atoms with E-state index >= 15 is 0 Å². The lowest BCUT2D eigenvalue weighted by Gasteiger charge is -2.40. The summed E-state index contributed by atoms with van der Waals surface area (Å²) >= 11 is -0.954. The molecule has 0 amide bonds. The number of hydrogen-bond donors (Lipinski definition) is 3. The first-order valence-electron chi connectivity index (χ1n) is 30.1. The topological polar surface area (TPSA) is 300 Å². The summed E-state index contributed by atoms with van der Waals surface area (Å²) in [5.74, 6) is -0.928. The van der Waals surface area contributed by atoms with E-state index in [0.717, 1.165) is 20.6 Å². The van der Waals surface area contributed by atoms with Crippen molar-refractivity contribution in [1.29, 1.82) is 0 Å². The predicted octanol–water partition coefficient (Wildman–Crippen LogP) is 5.50. The van der Waals surface area contributed by atoms with Crippen molar-refractivity contribution in [1.82, 2.24) is 0 Å². The van der Waals surface area contributed by atoms with E-state index in [4.69, 9.17) is 80.9 Å². The SMILES string of the molecule is COCCOCCOCCOCCN1I=C(/C=C/C=C/C=C2/N(CCOCCOCCOCCOCCC(=O)O)c3ccc(S(=O)(=O)O)cc3C2(C)CCOCCOCCOCCOC)C(C)(CCOCCOCCOCCOC)c2cc(S(=O)(=O)O)ccc21. The number of aliphatic carboxylic acids is 1. The van der Waals surface area contributed by atoms with Gasteiger partial charge in [-0.25, -0.2) is 0 Å². The van der Waals surface area contributed by atoms with Crippen molar-refractivity contribution < 1.29 is 112 Å². The summed E-state index contributed by atoms with van der Waals surface area (Å²) in [4.78, 5) is 12.3. The van der Waals surface area contributed by atoms with Crippen LogP contribution in [0.1, 0.15) is 44.2 Å². The molecular formula is C61H97IN2O24S2. The standard InChI is InChI=1S/C61H97IN2O24S2/c1-60(16-21-77-32-37-85-44-41-81-28-25-73-3)54-50-52(90(70,71)72)12-14-56(54)64(19-24-80-35-40-88-46-43-83-30-27-75-5)62-57(60)9-7-6-8-10-58-61(2,17-22-78-33-38-86-45-42-82-29-26-74-4)53-49-51(89(67,68)69)11-13-55(53)63(58)18-23-79-34-39-87-48-47-84-36-31-76-20-15-59(65)66/h6-14,49-50H,15-48H2,1-5H3,(H,65,66)(H,67,68,69)(H,70,71,72)/b8-6+,9-7+,58-10+. The molecule has 0 saturated heterocycles. The summed E-state index contributed by atoms with van der Waals surface area (Å²) in [5, 5.41) is 8.76. The van der Waals surface area contributed by atoms with Crippen LogP contribution in [-0.2, 0) is 112 Å². The van der Waals surface area contributed by atoms with Gasteiger partial charge in [-0.2, -0.15) is 16.8 Å². The maximum atomic E-state index is 12.8. The number of carbonyl (C=O) groups is 1. The fraction of sp³-hybridized carbons (Fsp3) is 0.672. The minimum atomic E-state index is -4.59. The van der Waals surface area contributed by atoms with Gasteiger partial charge in [-0.3, -0.25) is 13.9 Å². The highest BCUT2D eigenvalue weighted by Gasteiger charge is 2.44. The molecule has 0 fully saturated rings. The number of allylic oxidation sites excluding steroid dienone is 6. The van der Waals surface area contributed by atoms with E-state index in [9.17, 15) is 30.7 Å². The molecule has 0 saturated carbocycles. The number of fused-ring (bicyclic) bond motifs is 2. The lowest BCUT2D eigenvalue weighted by molar-refractivity contribution is -0.138. The highest BCUT2D eigenvalue weighted by Crippen LogP contribution is 2.51. The fourth-order valence-electron chi connectivity index (χ4n) is 9.21. The van der Waals surface area contributed by atoms with Crippen LogP contribution in [0.5, 0.6) is 0 Å². The zero-order valence-electron chi connectivity index (χ0n) is 52.9. The molecule has 0 radical (unpaired) electrons. The largest absolute Gasteiger partial charge is 0.481 e. The number of ether oxygens (including phenoxy) is 16. The van der Waals surface area contributed by atoms with E-state index < -0.39 is 58.0 Å². The highest BCUT2D eigenvalue weighted by atomic mass is 127. The number of carboxylic acids is 1. The van der Waals surface area contributed by atoms with Gasteiger partial charge in [0.25, 0.3) is 20.2 Å². The first kappa shape index (κ1) is 79.0. The maximum Gasteiger partial charge on any atom is 0.305 e. The Bertz CT molecular complexity index is 2680. The number of benzene rings is 2. The van der Waals surface area contributed by atoms with Crippen LogP contribution in [0.4, 0.5) is 11.4 Å². The van der Waals surface area contributed by atoms with Gasteiger partial charge in [-0.05, 0) is 73.4 Å². The summed E-state index contributed by atoms with van der Waals surface area (Å²) in [6.45, 7) is 15.3. The lowest BCUT2D eigenvalue weighted by Crippen LogP contribution is -2.38. The normalized spacial score (nSPS) is 17.5. The second kappa shape index (κ2) is 45.8. The molecule has 2 aliphatic rings. The van der Waals surface area contributed by atoms with Crippen LogP contribution in [0.3, 0.4) is 0 Å². The minimum absolute atomic E-state index is 0.0754. The van der Waals surface area contributed by atoms with Crippen LogP contribution in [0.15, 0.2) is 82.3 Å². The Morgan fingerprint density at radius 3 is 1.22 bits per heavy atom. The molecule has 4 rings (SSSR count). The van der Waals surface area contributed by atoms with Gasteiger partial charge in [0.15, 0.2) is 0 Å². The number of nitrogens with zero attached hydrogens (tertiary/aromatic N) is 2. The van der Waals surface area contributed by atoms with E-state index in [1.807, 2.05) is 31.2 Å². The average Bonchev–Trinajstić information content (AvgIpc) is 1.38. The average molecular weight is 1430 g/mol. The van der Waals surface area contributed by atoms with E-state index in [0.29, 0.717) is 196 Å². The van der Waals surface area contributed by atoms with Gasteiger partial charge < -0.3 is 88.9 Å². The highest BCUT2D eigenvalue weighted by molar-refractivity contribution is 14.2. The molecule has 3 N–H and O–H groups in total. The Hall–Kier alpha value is -3.49. The van der Waals surface area contributed by atoms with Crippen molar-refractivity contribution in [3.05, 3.63) is 83.6 Å². The minimum Gasteiger partial charge on any atom is -0.481 e. The number of rotatable bonds is 56. The first-order valence-corrected chi connectivity index (χ1v) is 35.0. The predicted molar refractivity (Wildman–Crippen MR) is 345 cm³/mol. The van der Waals surface area contributed by atoms with Crippen LogP contribution >= 0.6 is 21.0 Å². The lowest BCUT2D eigenvalue weighted by atomic mass is 9.76. The molecule has 90 heavy (non-hydrogen) atoms. The zero-order chi connectivity index (χ0) is 65.2. The van der Waals surface area contributed by atoms with Gasteiger partial charge >= 0.3 is 5.97 Å². The van der Waals surface area contributed by atoms with E-state index in [1.165, 1.54) is 18.2 Å². The van der Waals surface area contributed by atoms with Crippen molar-refractivity contribution in [2.45, 2.75) is 53.7 Å². The van der Waals surface area contributed by atoms with E-state index in [1.54, 1.807) is 39.5 Å². The Balaban J connectivity index is 1.62. The van der Waals surface area contributed by atoms with Crippen LogP contribution < -0.4 is 8.01 Å². The number of methoxy groups -OCH3 is 3. The van der Waals surface area contributed by atoms with Crippen LogP contribution in [0, 0.1) is 0 Å². The molecule has 2 aromatic rings. The Morgan fingerprint density at radius 1 is 0.456 bits per heavy atom. The molecule has 0 bridgehead atoms. The Kier molecular flexibility index (Phi) is 40.2. The van der Waals surface area contributed by atoms with Crippen LogP contribution in [0.2, 0.25) is 0 Å².